The van der Waals surface area contributed by atoms with Crippen LogP contribution in [0.4, 0.5) is 0 Å². The van der Waals surface area contributed by atoms with Gasteiger partial charge in [0.15, 0.2) is 0 Å². The normalized spacial score (nSPS) is 12.3. The lowest BCUT2D eigenvalue weighted by molar-refractivity contribution is 0.171. The van der Waals surface area contributed by atoms with Crippen molar-refractivity contribution in [1.82, 2.24) is 15.1 Å². The highest BCUT2D eigenvalue weighted by Gasteiger charge is 2.12. The third-order valence-electron chi connectivity index (χ3n) is 4.70. The maximum absolute atomic E-state index is 10.2. The van der Waals surface area contributed by atoms with Gasteiger partial charge in [0, 0.05) is 24.3 Å². The van der Waals surface area contributed by atoms with Crippen LogP contribution in [0, 0.1) is 13.8 Å². The number of hydrogen-bond acceptors (Lipinski definition) is 3. The fourth-order valence-corrected chi connectivity index (χ4v) is 3.22. The molecule has 3 rings (SSSR count). The lowest BCUT2D eigenvalue weighted by Gasteiger charge is -2.12. The van der Waals surface area contributed by atoms with Crippen LogP contribution in [0.1, 0.15) is 28.1 Å². The van der Waals surface area contributed by atoms with Crippen LogP contribution < -0.4 is 5.32 Å². The van der Waals surface area contributed by atoms with E-state index < -0.39 is 6.10 Å². The molecule has 0 bridgehead atoms. The fourth-order valence-electron chi connectivity index (χ4n) is 3.22. The molecule has 2 N–H and O–H groups in total. The second-order valence-corrected chi connectivity index (χ2v) is 6.77. The van der Waals surface area contributed by atoms with Crippen LogP contribution in [0.15, 0.2) is 60.7 Å². The van der Waals surface area contributed by atoms with Crippen LogP contribution >= 0.6 is 0 Å². The number of hydrogen-bond donors (Lipinski definition) is 2. The molecule has 1 unspecified atom stereocenters. The van der Waals surface area contributed by atoms with Crippen molar-refractivity contribution in [1.29, 1.82) is 0 Å². The molecule has 0 aliphatic rings. The summed E-state index contributed by atoms with van der Waals surface area (Å²) in [5, 5.41) is 18.3. The first-order chi connectivity index (χ1) is 12.6. The Hall–Kier alpha value is -2.43. The highest BCUT2D eigenvalue weighted by Crippen LogP contribution is 2.15. The summed E-state index contributed by atoms with van der Waals surface area (Å²) in [5.74, 6) is 0. The molecule has 0 radical (unpaired) electrons. The van der Waals surface area contributed by atoms with E-state index in [1.165, 1.54) is 16.8 Å². The molecule has 0 fully saturated rings. The third-order valence-corrected chi connectivity index (χ3v) is 4.70. The molecule has 1 atom stereocenters. The van der Waals surface area contributed by atoms with Crippen LogP contribution in [-0.4, -0.2) is 27.5 Å². The molecule has 26 heavy (non-hydrogen) atoms. The lowest BCUT2D eigenvalue weighted by Crippen LogP contribution is -2.28. The summed E-state index contributed by atoms with van der Waals surface area (Å²) < 4.78 is 2.06. The van der Waals surface area contributed by atoms with Crippen molar-refractivity contribution in [3.8, 4) is 0 Å². The topological polar surface area (TPSA) is 50.1 Å². The van der Waals surface area contributed by atoms with E-state index in [0.29, 0.717) is 13.0 Å². The van der Waals surface area contributed by atoms with Crippen LogP contribution in [0.5, 0.6) is 0 Å². The van der Waals surface area contributed by atoms with Gasteiger partial charge in [-0.1, -0.05) is 60.7 Å². The van der Waals surface area contributed by atoms with Gasteiger partial charge in [0.05, 0.1) is 18.3 Å². The Morgan fingerprint density at radius 2 is 1.58 bits per heavy atom. The Morgan fingerprint density at radius 1 is 0.962 bits per heavy atom. The van der Waals surface area contributed by atoms with E-state index >= 15 is 0 Å². The van der Waals surface area contributed by atoms with Gasteiger partial charge < -0.3 is 10.4 Å². The number of aryl methyl sites for hydroxylation is 1. The van der Waals surface area contributed by atoms with Crippen molar-refractivity contribution in [2.24, 2.45) is 0 Å². The van der Waals surface area contributed by atoms with Gasteiger partial charge in [-0.3, -0.25) is 4.68 Å². The van der Waals surface area contributed by atoms with Crippen LogP contribution in [-0.2, 0) is 19.5 Å². The predicted octanol–water partition coefficient (Wildman–Crippen LogP) is 3.24. The summed E-state index contributed by atoms with van der Waals surface area (Å²) in [6, 6.07) is 20.5. The molecule has 4 nitrogen and oxygen atoms in total. The molecule has 0 amide bonds. The van der Waals surface area contributed by atoms with E-state index in [-0.39, 0.29) is 0 Å². The van der Waals surface area contributed by atoms with E-state index in [0.717, 1.165) is 24.3 Å². The molecule has 136 valence electrons. The highest BCUT2D eigenvalue weighted by atomic mass is 16.3. The lowest BCUT2D eigenvalue weighted by atomic mass is 10.1. The average Bonchev–Trinajstić information content (AvgIpc) is 2.91. The molecule has 2 aromatic carbocycles. The summed E-state index contributed by atoms with van der Waals surface area (Å²) in [6.07, 6.45) is 0.274. The zero-order chi connectivity index (χ0) is 18.4. The molecule has 1 aromatic heterocycles. The molecule has 0 saturated carbocycles. The summed E-state index contributed by atoms with van der Waals surface area (Å²) >= 11 is 0. The molecule has 0 aliphatic carbocycles. The third kappa shape index (κ3) is 4.81. The van der Waals surface area contributed by atoms with Crippen molar-refractivity contribution < 1.29 is 5.11 Å². The Balaban J connectivity index is 1.55. The summed E-state index contributed by atoms with van der Waals surface area (Å²) in [4.78, 5) is 0. The monoisotopic (exact) mass is 349 g/mol. The van der Waals surface area contributed by atoms with Gasteiger partial charge in [0.1, 0.15) is 0 Å². The number of aromatic nitrogens is 2. The van der Waals surface area contributed by atoms with Crippen LogP contribution in [0.25, 0.3) is 0 Å². The van der Waals surface area contributed by atoms with E-state index in [2.05, 4.69) is 46.3 Å². The summed E-state index contributed by atoms with van der Waals surface area (Å²) in [6.45, 7) is 6.23. The Labute approximate surface area is 155 Å². The van der Waals surface area contributed by atoms with Gasteiger partial charge >= 0.3 is 0 Å². The van der Waals surface area contributed by atoms with Crippen molar-refractivity contribution in [3.63, 3.8) is 0 Å². The van der Waals surface area contributed by atoms with E-state index in [4.69, 9.17) is 0 Å². The quantitative estimate of drug-likeness (QED) is 0.656. The molecule has 0 saturated heterocycles. The number of aliphatic hydroxyl groups excluding tert-OH is 1. The maximum atomic E-state index is 10.2. The first-order valence-corrected chi connectivity index (χ1v) is 9.13. The minimum Gasteiger partial charge on any atom is -0.391 e. The Morgan fingerprint density at radius 3 is 2.23 bits per heavy atom. The highest BCUT2D eigenvalue weighted by molar-refractivity contribution is 5.26. The van der Waals surface area contributed by atoms with E-state index in [1.54, 1.807) is 0 Å². The Bertz CT molecular complexity index is 812. The summed E-state index contributed by atoms with van der Waals surface area (Å²) in [7, 11) is 0. The maximum Gasteiger partial charge on any atom is 0.0704 e. The van der Waals surface area contributed by atoms with Gasteiger partial charge in [-0.2, -0.15) is 5.10 Å². The first-order valence-electron chi connectivity index (χ1n) is 9.13. The fraction of sp³-hybridized carbons (Fsp3) is 0.318. The zero-order valence-corrected chi connectivity index (χ0v) is 15.5. The second-order valence-electron chi connectivity index (χ2n) is 6.77. The molecule has 0 aliphatic heterocycles. The first kappa shape index (κ1) is 18.4. The van der Waals surface area contributed by atoms with Crippen LogP contribution in [0.3, 0.4) is 0 Å². The molecule has 1 heterocycles. The largest absolute Gasteiger partial charge is 0.391 e. The van der Waals surface area contributed by atoms with Gasteiger partial charge in [-0.05, 0) is 31.4 Å². The zero-order valence-electron chi connectivity index (χ0n) is 15.5. The predicted molar refractivity (Wildman–Crippen MR) is 105 cm³/mol. The van der Waals surface area contributed by atoms with Crippen molar-refractivity contribution >= 4 is 0 Å². The number of nitrogens with one attached hydrogen (secondary N) is 1. The van der Waals surface area contributed by atoms with Gasteiger partial charge in [-0.25, -0.2) is 0 Å². The molecular formula is C22H27N3O. The number of rotatable bonds is 8. The molecule has 3 aromatic rings. The molecular weight excluding hydrogens is 322 g/mol. The second kappa shape index (κ2) is 8.79. The molecule has 4 heteroatoms. The minimum absolute atomic E-state index is 0.391. The van der Waals surface area contributed by atoms with Gasteiger partial charge in [0.2, 0.25) is 0 Å². The molecule has 0 spiro atoms. The van der Waals surface area contributed by atoms with Crippen molar-refractivity contribution in [2.75, 3.05) is 6.54 Å². The number of aliphatic hydroxyl groups is 1. The van der Waals surface area contributed by atoms with Gasteiger partial charge in [0.25, 0.3) is 0 Å². The minimum atomic E-state index is -0.391. The van der Waals surface area contributed by atoms with Crippen molar-refractivity contribution in [2.45, 2.75) is 39.5 Å². The number of benzene rings is 2. The van der Waals surface area contributed by atoms with Gasteiger partial charge in [-0.15, -0.1) is 0 Å². The standard InChI is InChI=1S/C22H27N3O/c1-17-22(15-23-14-21(26)13-19-9-5-3-6-10-19)18(2)25(24-17)16-20-11-7-4-8-12-20/h3-12,21,23,26H,13-16H2,1-2H3. The number of nitrogens with zero attached hydrogens (tertiary/aromatic N) is 2. The smallest absolute Gasteiger partial charge is 0.0704 e. The average molecular weight is 349 g/mol. The summed E-state index contributed by atoms with van der Waals surface area (Å²) in [5.41, 5.74) is 5.84. The van der Waals surface area contributed by atoms with E-state index in [1.807, 2.05) is 43.3 Å². The van der Waals surface area contributed by atoms with Crippen molar-refractivity contribution in [3.05, 3.63) is 88.7 Å². The SMILES string of the molecule is Cc1nn(Cc2ccccc2)c(C)c1CNCC(O)Cc1ccccc1. The van der Waals surface area contributed by atoms with E-state index in [9.17, 15) is 5.11 Å². The van der Waals surface area contributed by atoms with Crippen LogP contribution in [0.2, 0.25) is 0 Å². The Kier molecular flexibility index (Phi) is 6.21.